The van der Waals surface area contributed by atoms with Crippen LogP contribution in [0.15, 0.2) is 48.6 Å². The van der Waals surface area contributed by atoms with Crippen molar-refractivity contribution >= 4 is 0 Å². The van der Waals surface area contributed by atoms with Crippen LogP contribution in [0, 0.1) is 40.9 Å². The number of hydrogen-bond donors (Lipinski definition) is 2. The lowest BCUT2D eigenvalue weighted by Gasteiger charge is -2.48. The molecule has 0 heterocycles. The van der Waals surface area contributed by atoms with Crippen LogP contribution < -0.4 is 0 Å². The number of allylic oxidation sites excluding steroid dienone is 8. The molecule has 2 saturated carbocycles. The Balaban J connectivity index is 1.67. The molecule has 2 fully saturated rings. The molecule has 0 spiro atoms. The van der Waals surface area contributed by atoms with Crippen molar-refractivity contribution in [2.24, 2.45) is 40.9 Å². The van der Waals surface area contributed by atoms with E-state index < -0.39 is 0 Å². The molecule has 0 aliphatic heterocycles. The lowest BCUT2D eigenvalue weighted by atomic mass is 9.57. The second-order valence-electron chi connectivity index (χ2n) is 8.61. The number of fused-ring (bicyclic) bond motifs is 2. The maximum absolute atomic E-state index is 10.7. The molecule has 6 unspecified atom stereocenters. The molecule has 6 atom stereocenters. The van der Waals surface area contributed by atoms with Gasteiger partial charge in [0, 0.05) is 18.6 Å². The standard InChI is InChI=1S/C23H32O2/c24-15-5-14-23(16-25,21-12-10-17-6-1-3-8-19(17)21)22-13-11-18-7-2-4-9-20(18)22/h1-4,6-9,17-22,24-25H,5,10-16H2. The lowest BCUT2D eigenvalue weighted by Crippen LogP contribution is -2.45. The van der Waals surface area contributed by atoms with Gasteiger partial charge in [0.25, 0.3) is 0 Å². The molecular formula is C23H32O2. The minimum absolute atomic E-state index is 0.0490. The summed E-state index contributed by atoms with van der Waals surface area (Å²) in [7, 11) is 0. The molecule has 2 nitrogen and oxygen atoms in total. The van der Waals surface area contributed by atoms with Gasteiger partial charge in [-0.1, -0.05) is 48.6 Å². The third kappa shape index (κ3) is 2.88. The van der Waals surface area contributed by atoms with Crippen LogP contribution in [0.2, 0.25) is 0 Å². The van der Waals surface area contributed by atoms with Crippen LogP contribution in [0.4, 0.5) is 0 Å². The highest BCUT2D eigenvalue weighted by atomic mass is 16.3. The average Bonchev–Trinajstić information content (AvgIpc) is 3.28. The summed E-state index contributed by atoms with van der Waals surface area (Å²) in [5, 5.41) is 20.3. The molecule has 4 rings (SSSR count). The van der Waals surface area contributed by atoms with Crippen molar-refractivity contribution in [3.05, 3.63) is 48.6 Å². The molecule has 4 aliphatic carbocycles. The SMILES string of the molecule is OCCCC(CO)(C1CCC2C=CC=CC21)C1CCC2C=CC=CC21. The minimum Gasteiger partial charge on any atom is -0.396 e. The normalized spacial score (nSPS) is 40.9. The molecule has 0 saturated heterocycles. The Kier molecular flexibility index (Phi) is 5.01. The predicted octanol–water partition coefficient (Wildman–Crippen LogP) is 4.27. The molecule has 136 valence electrons. The van der Waals surface area contributed by atoms with Crippen LogP contribution in [0.3, 0.4) is 0 Å². The van der Waals surface area contributed by atoms with E-state index in [1.54, 1.807) is 0 Å². The van der Waals surface area contributed by atoms with Crippen molar-refractivity contribution in [2.45, 2.75) is 38.5 Å². The van der Waals surface area contributed by atoms with Crippen molar-refractivity contribution in [3.8, 4) is 0 Å². The summed E-state index contributed by atoms with van der Waals surface area (Å²) in [4.78, 5) is 0. The molecule has 2 N–H and O–H groups in total. The molecule has 25 heavy (non-hydrogen) atoms. The number of aliphatic hydroxyl groups is 2. The average molecular weight is 341 g/mol. The maximum Gasteiger partial charge on any atom is 0.0493 e. The number of hydrogen-bond acceptors (Lipinski definition) is 2. The highest BCUT2D eigenvalue weighted by Crippen LogP contribution is 2.60. The van der Waals surface area contributed by atoms with E-state index in [1.807, 2.05) is 0 Å². The van der Waals surface area contributed by atoms with Gasteiger partial charge in [-0.05, 0) is 74.0 Å². The molecule has 0 bridgehead atoms. The Morgan fingerprint density at radius 1 is 0.720 bits per heavy atom. The second kappa shape index (κ2) is 7.25. The van der Waals surface area contributed by atoms with Crippen LogP contribution in [0.25, 0.3) is 0 Å². The van der Waals surface area contributed by atoms with Crippen LogP contribution in [-0.4, -0.2) is 23.4 Å². The largest absolute Gasteiger partial charge is 0.396 e. The summed E-state index contributed by atoms with van der Waals surface area (Å²) in [6.07, 6.45) is 25.0. The third-order valence-corrected chi connectivity index (χ3v) is 7.72. The van der Waals surface area contributed by atoms with E-state index >= 15 is 0 Å². The van der Waals surface area contributed by atoms with Gasteiger partial charge in [0.15, 0.2) is 0 Å². The first kappa shape index (κ1) is 17.3. The quantitative estimate of drug-likeness (QED) is 0.758. The zero-order valence-corrected chi connectivity index (χ0v) is 15.1. The van der Waals surface area contributed by atoms with Gasteiger partial charge in [0.2, 0.25) is 0 Å². The molecule has 2 heteroatoms. The number of aliphatic hydroxyl groups excluding tert-OH is 2. The highest BCUT2D eigenvalue weighted by molar-refractivity contribution is 5.22. The fourth-order valence-corrected chi connectivity index (χ4v) is 6.62. The first-order valence-electron chi connectivity index (χ1n) is 10.2. The predicted molar refractivity (Wildman–Crippen MR) is 102 cm³/mol. The molecule has 0 aromatic carbocycles. The van der Waals surface area contributed by atoms with E-state index in [4.69, 9.17) is 0 Å². The van der Waals surface area contributed by atoms with Crippen LogP contribution in [0.5, 0.6) is 0 Å². The summed E-state index contributed by atoms with van der Waals surface area (Å²) >= 11 is 0. The van der Waals surface area contributed by atoms with E-state index in [9.17, 15) is 10.2 Å². The van der Waals surface area contributed by atoms with Gasteiger partial charge in [-0.15, -0.1) is 0 Å². The topological polar surface area (TPSA) is 40.5 Å². The van der Waals surface area contributed by atoms with Crippen molar-refractivity contribution in [1.29, 1.82) is 0 Å². The Labute approximate surface area is 152 Å². The summed E-state index contributed by atoms with van der Waals surface area (Å²) in [6, 6.07) is 0. The zero-order valence-electron chi connectivity index (χ0n) is 15.1. The summed E-state index contributed by atoms with van der Waals surface area (Å²) in [5.74, 6) is 3.51. The molecule has 0 amide bonds. The Hall–Kier alpha value is -1.12. The molecule has 0 radical (unpaired) electrons. The molecular weight excluding hydrogens is 308 g/mol. The van der Waals surface area contributed by atoms with Crippen molar-refractivity contribution in [1.82, 2.24) is 0 Å². The van der Waals surface area contributed by atoms with Crippen LogP contribution in [-0.2, 0) is 0 Å². The van der Waals surface area contributed by atoms with Gasteiger partial charge in [0.1, 0.15) is 0 Å². The van der Waals surface area contributed by atoms with Crippen LogP contribution >= 0.6 is 0 Å². The highest BCUT2D eigenvalue weighted by Gasteiger charge is 2.54. The van der Waals surface area contributed by atoms with E-state index in [0.717, 1.165) is 12.8 Å². The second-order valence-corrected chi connectivity index (χ2v) is 8.61. The van der Waals surface area contributed by atoms with Gasteiger partial charge >= 0.3 is 0 Å². The summed E-state index contributed by atoms with van der Waals surface area (Å²) in [6.45, 7) is 0.499. The smallest absolute Gasteiger partial charge is 0.0493 e. The van der Waals surface area contributed by atoms with Gasteiger partial charge in [0.05, 0.1) is 0 Å². The van der Waals surface area contributed by atoms with Crippen molar-refractivity contribution in [3.63, 3.8) is 0 Å². The van der Waals surface area contributed by atoms with E-state index in [2.05, 4.69) is 48.6 Å². The zero-order chi connectivity index (χ0) is 17.3. The minimum atomic E-state index is -0.0490. The Morgan fingerprint density at radius 3 is 1.72 bits per heavy atom. The first-order chi connectivity index (χ1) is 12.3. The third-order valence-electron chi connectivity index (χ3n) is 7.72. The van der Waals surface area contributed by atoms with E-state index in [0.29, 0.717) is 35.5 Å². The maximum atomic E-state index is 10.7. The number of rotatable bonds is 6. The monoisotopic (exact) mass is 340 g/mol. The van der Waals surface area contributed by atoms with Gasteiger partial charge in [-0.25, -0.2) is 0 Å². The van der Waals surface area contributed by atoms with Gasteiger partial charge < -0.3 is 10.2 Å². The molecule has 0 aromatic heterocycles. The Bertz CT molecular complexity index is 541. The van der Waals surface area contributed by atoms with Gasteiger partial charge in [-0.2, -0.15) is 0 Å². The molecule has 4 aliphatic rings. The van der Waals surface area contributed by atoms with E-state index in [1.165, 1.54) is 25.7 Å². The van der Waals surface area contributed by atoms with Gasteiger partial charge in [-0.3, -0.25) is 0 Å². The summed E-state index contributed by atoms with van der Waals surface area (Å²) in [5.41, 5.74) is -0.0490. The van der Waals surface area contributed by atoms with Crippen molar-refractivity contribution in [2.75, 3.05) is 13.2 Å². The first-order valence-corrected chi connectivity index (χ1v) is 10.2. The Morgan fingerprint density at radius 2 is 1.24 bits per heavy atom. The molecule has 0 aromatic rings. The lowest BCUT2D eigenvalue weighted by molar-refractivity contribution is -0.0325. The summed E-state index contributed by atoms with van der Waals surface area (Å²) < 4.78 is 0. The fourth-order valence-electron chi connectivity index (χ4n) is 6.62. The van der Waals surface area contributed by atoms with Crippen LogP contribution in [0.1, 0.15) is 38.5 Å². The van der Waals surface area contributed by atoms with Crippen molar-refractivity contribution < 1.29 is 10.2 Å². The fraction of sp³-hybridized carbons (Fsp3) is 0.652. The van der Waals surface area contributed by atoms with E-state index in [-0.39, 0.29) is 18.6 Å².